The predicted octanol–water partition coefficient (Wildman–Crippen LogP) is 2.89. The van der Waals surface area contributed by atoms with E-state index in [0.717, 1.165) is 19.3 Å². The molecule has 3 fully saturated rings. The zero-order valence-corrected chi connectivity index (χ0v) is 13.4. The second-order valence-corrected chi connectivity index (χ2v) is 7.21. The molecule has 3 rings (SSSR count). The van der Waals surface area contributed by atoms with Gasteiger partial charge in [-0.05, 0) is 38.0 Å². The standard InChI is InChI=1S/C16H23F3O4/c1-14(11(23-14)4-8-22-9-16(17,18)19)13-12(21-2)10(20)3-5-15(13)6-7-15/h11-13H,3-9H2,1-2H3/t11-,12-,13-,14+/m1/s1. The van der Waals surface area contributed by atoms with Crippen LogP contribution in [0.25, 0.3) is 0 Å². The number of ketones is 1. The molecule has 0 aromatic rings. The number of epoxide rings is 1. The molecule has 4 nitrogen and oxygen atoms in total. The van der Waals surface area contributed by atoms with E-state index in [4.69, 9.17) is 9.47 Å². The highest BCUT2D eigenvalue weighted by molar-refractivity contribution is 5.85. The van der Waals surface area contributed by atoms with E-state index in [1.807, 2.05) is 6.92 Å². The molecule has 0 amide bonds. The van der Waals surface area contributed by atoms with Gasteiger partial charge in [0.15, 0.2) is 5.78 Å². The Kier molecular flexibility index (Phi) is 4.26. The quantitative estimate of drug-likeness (QED) is 0.553. The predicted molar refractivity (Wildman–Crippen MR) is 75.0 cm³/mol. The molecule has 7 heteroatoms. The van der Waals surface area contributed by atoms with Crippen molar-refractivity contribution < 1.29 is 32.2 Å². The first-order valence-electron chi connectivity index (χ1n) is 8.10. The third-order valence-corrected chi connectivity index (χ3v) is 5.68. The Morgan fingerprint density at radius 3 is 2.57 bits per heavy atom. The van der Waals surface area contributed by atoms with Gasteiger partial charge in [-0.25, -0.2) is 0 Å². The maximum absolute atomic E-state index is 12.2. The first kappa shape index (κ1) is 17.2. The van der Waals surface area contributed by atoms with Gasteiger partial charge in [0.1, 0.15) is 12.7 Å². The van der Waals surface area contributed by atoms with Gasteiger partial charge in [-0.1, -0.05) is 0 Å². The lowest BCUT2D eigenvalue weighted by Gasteiger charge is -2.39. The molecular formula is C16H23F3O4. The van der Waals surface area contributed by atoms with Crippen molar-refractivity contribution in [3.8, 4) is 0 Å². The molecule has 0 bridgehead atoms. The van der Waals surface area contributed by atoms with E-state index >= 15 is 0 Å². The lowest BCUT2D eigenvalue weighted by atomic mass is 9.66. The zero-order valence-electron chi connectivity index (χ0n) is 13.4. The number of carbonyl (C=O) groups is 1. The average molecular weight is 336 g/mol. The Bertz CT molecular complexity index is 474. The summed E-state index contributed by atoms with van der Waals surface area (Å²) in [5.41, 5.74) is -0.375. The van der Waals surface area contributed by atoms with Gasteiger partial charge in [0.25, 0.3) is 0 Å². The second kappa shape index (κ2) is 5.70. The maximum Gasteiger partial charge on any atom is 0.411 e. The summed E-state index contributed by atoms with van der Waals surface area (Å²) in [7, 11) is 1.55. The number of Topliss-reactive ketones (excluding diaryl/α,β-unsaturated/α-hetero) is 1. The highest BCUT2D eigenvalue weighted by Gasteiger charge is 2.70. The van der Waals surface area contributed by atoms with Crippen LogP contribution in [-0.2, 0) is 19.0 Å². The molecule has 1 heterocycles. The van der Waals surface area contributed by atoms with E-state index in [1.54, 1.807) is 7.11 Å². The van der Waals surface area contributed by atoms with Crippen LogP contribution in [0.1, 0.15) is 39.0 Å². The average Bonchev–Trinajstić information content (AvgIpc) is 3.36. The molecular weight excluding hydrogens is 313 g/mol. The van der Waals surface area contributed by atoms with Crippen molar-refractivity contribution in [1.82, 2.24) is 0 Å². The molecule has 0 N–H and O–H groups in total. The molecule has 0 unspecified atom stereocenters. The third kappa shape index (κ3) is 3.28. The topological polar surface area (TPSA) is 48.1 Å². The Hall–Kier alpha value is -0.660. The zero-order chi connectivity index (χ0) is 16.9. The minimum absolute atomic E-state index is 0.00504. The van der Waals surface area contributed by atoms with Crippen molar-refractivity contribution in [2.75, 3.05) is 20.3 Å². The van der Waals surface area contributed by atoms with Gasteiger partial charge in [-0.15, -0.1) is 0 Å². The van der Waals surface area contributed by atoms with Crippen LogP contribution in [0.4, 0.5) is 13.2 Å². The van der Waals surface area contributed by atoms with E-state index < -0.39 is 24.5 Å². The summed E-state index contributed by atoms with van der Waals surface area (Å²) in [5, 5.41) is 0. The Morgan fingerprint density at radius 1 is 1.30 bits per heavy atom. The molecule has 0 radical (unpaired) electrons. The van der Waals surface area contributed by atoms with E-state index in [9.17, 15) is 18.0 Å². The van der Waals surface area contributed by atoms with E-state index in [1.165, 1.54) is 0 Å². The van der Waals surface area contributed by atoms with Gasteiger partial charge >= 0.3 is 6.18 Å². The fraction of sp³-hybridized carbons (Fsp3) is 0.938. The molecule has 0 aromatic heterocycles. The smallest absolute Gasteiger partial charge is 0.373 e. The van der Waals surface area contributed by atoms with Gasteiger partial charge in [0, 0.05) is 26.1 Å². The highest BCUT2D eigenvalue weighted by atomic mass is 19.4. The summed E-state index contributed by atoms with van der Waals surface area (Å²) in [4.78, 5) is 12.2. The first-order chi connectivity index (χ1) is 10.7. The van der Waals surface area contributed by atoms with Crippen molar-refractivity contribution in [1.29, 1.82) is 0 Å². The summed E-state index contributed by atoms with van der Waals surface area (Å²) in [6, 6.07) is 0. The van der Waals surface area contributed by atoms with Crippen LogP contribution in [0.5, 0.6) is 0 Å². The molecule has 1 saturated heterocycles. The molecule has 23 heavy (non-hydrogen) atoms. The van der Waals surface area contributed by atoms with Crippen molar-refractivity contribution in [2.24, 2.45) is 11.3 Å². The van der Waals surface area contributed by atoms with Crippen LogP contribution in [-0.4, -0.2) is 50.1 Å². The van der Waals surface area contributed by atoms with Crippen LogP contribution in [0, 0.1) is 11.3 Å². The van der Waals surface area contributed by atoms with Crippen LogP contribution in [0.2, 0.25) is 0 Å². The number of hydrogen-bond acceptors (Lipinski definition) is 4. The summed E-state index contributed by atoms with van der Waals surface area (Å²) in [6.45, 7) is 0.727. The molecule has 3 aliphatic rings. The molecule has 1 spiro atoms. The second-order valence-electron chi connectivity index (χ2n) is 7.21. The minimum atomic E-state index is -4.30. The van der Waals surface area contributed by atoms with Crippen LogP contribution in [0.15, 0.2) is 0 Å². The molecule has 1 aliphatic heterocycles. The summed E-state index contributed by atoms with van der Waals surface area (Å²) in [5.74, 6) is 0.104. The van der Waals surface area contributed by atoms with Gasteiger partial charge in [0.2, 0.25) is 0 Å². The minimum Gasteiger partial charge on any atom is -0.373 e. The molecule has 2 aliphatic carbocycles. The number of hydrogen-bond donors (Lipinski definition) is 0. The van der Waals surface area contributed by atoms with E-state index in [-0.39, 0.29) is 29.8 Å². The van der Waals surface area contributed by atoms with E-state index in [0.29, 0.717) is 12.8 Å². The lowest BCUT2D eigenvalue weighted by molar-refractivity contribution is -0.174. The highest BCUT2D eigenvalue weighted by Crippen LogP contribution is 2.66. The first-order valence-corrected chi connectivity index (χ1v) is 8.10. The van der Waals surface area contributed by atoms with Gasteiger partial charge in [-0.2, -0.15) is 13.2 Å². The molecule has 0 aromatic carbocycles. The number of alkyl halides is 3. The number of ether oxygens (including phenoxy) is 3. The van der Waals surface area contributed by atoms with Crippen LogP contribution >= 0.6 is 0 Å². The fourth-order valence-electron chi connectivity index (χ4n) is 4.34. The summed E-state index contributed by atoms with van der Waals surface area (Å²) in [6.07, 6.45) is -0.967. The van der Waals surface area contributed by atoms with Gasteiger partial charge < -0.3 is 14.2 Å². The SMILES string of the molecule is CO[C@@H]1C(=O)CCC2(CC2)[C@H]1[C@@]1(C)O[C@@H]1CCOCC(F)(F)F. The number of rotatable bonds is 6. The lowest BCUT2D eigenvalue weighted by Crippen LogP contribution is -2.49. The van der Waals surface area contributed by atoms with Crippen molar-refractivity contribution in [3.63, 3.8) is 0 Å². The van der Waals surface area contributed by atoms with Crippen molar-refractivity contribution >= 4 is 5.78 Å². The van der Waals surface area contributed by atoms with Gasteiger partial charge in [0.05, 0.1) is 11.7 Å². The Balaban J connectivity index is 1.59. The summed E-state index contributed by atoms with van der Waals surface area (Å²) >= 11 is 0. The maximum atomic E-state index is 12.2. The molecule has 2 saturated carbocycles. The normalized spacial score (nSPS) is 38.8. The van der Waals surface area contributed by atoms with Crippen LogP contribution in [0.3, 0.4) is 0 Å². The Morgan fingerprint density at radius 2 is 2.00 bits per heavy atom. The van der Waals surface area contributed by atoms with Gasteiger partial charge in [-0.3, -0.25) is 4.79 Å². The monoisotopic (exact) mass is 336 g/mol. The fourth-order valence-corrected chi connectivity index (χ4v) is 4.34. The number of halogens is 3. The summed E-state index contributed by atoms with van der Waals surface area (Å²) < 4.78 is 52.2. The van der Waals surface area contributed by atoms with Crippen molar-refractivity contribution in [2.45, 2.75) is 63.0 Å². The van der Waals surface area contributed by atoms with E-state index in [2.05, 4.69) is 4.74 Å². The Labute approximate surface area is 133 Å². The molecule has 4 atom stereocenters. The van der Waals surface area contributed by atoms with Crippen molar-refractivity contribution in [3.05, 3.63) is 0 Å². The largest absolute Gasteiger partial charge is 0.411 e. The third-order valence-electron chi connectivity index (χ3n) is 5.68. The number of carbonyl (C=O) groups excluding carboxylic acids is 1. The number of methoxy groups -OCH3 is 1. The molecule has 132 valence electrons. The van der Waals surface area contributed by atoms with Crippen LogP contribution < -0.4 is 0 Å².